The van der Waals surface area contributed by atoms with Crippen LogP contribution < -0.4 is 5.73 Å². The Morgan fingerprint density at radius 1 is 1.22 bits per heavy atom. The monoisotopic (exact) mass is 337 g/mol. The molecular formula is C14H9ClFN3O4. The smallest absolute Gasteiger partial charge is 0.366 e. The van der Waals surface area contributed by atoms with Crippen molar-refractivity contribution in [2.45, 2.75) is 0 Å². The number of carbonyl (C=O) groups is 1. The Morgan fingerprint density at radius 3 is 2.43 bits per heavy atom. The Balaban J connectivity index is 2.16. The van der Waals surface area contributed by atoms with Gasteiger partial charge in [0, 0.05) is 11.6 Å². The molecule has 9 heteroatoms. The highest BCUT2D eigenvalue weighted by atomic mass is 35.5. The fourth-order valence-electron chi connectivity index (χ4n) is 1.60. The first-order chi connectivity index (χ1) is 10.9. The fraction of sp³-hybridized carbons (Fsp3) is 0. The minimum atomic E-state index is -0.949. The summed E-state index contributed by atoms with van der Waals surface area (Å²) in [4.78, 5) is 26.5. The minimum absolute atomic E-state index is 0.110. The van der Waals surface area contributed by atoms with Crippen LogP contribution in [-0.4, -0.2) is 16.7 Å². The summed E-state index contributed by atoms with van der Waals surface area (Å²) in [6.07, 6.45) is 0. The van der Waals surface area contributed by atoms with Crippen LogP contribution in [-0.2, 0) is 4.84 Å². The van der Waals surface area contributed by atoms with Gasteiger partial charge in [-0.3, -0.25) is 10.1 Å². The SMILES string of the molecule is N/C(=N\OC(=O)c1ccc(Cl)c([N+](=O)[O-])c1)c1ccc(F)cc1. The molecule has 2 aromatic rings. The van der Waals surface area contributed by atoms with Gasteiger partial charge in [-0.05, 0) is 36.4 Å². The van der Waals surface area contributed by atoms with Crippen molar-refractivity contribution in [2.24, 2.45) is 10.9 Å². The number of rotatable bonds is 4. The molecule has 0 bridgehead atoms. The number of amidine groups is 1. The lowest BCUT2D eigenvalue weighted by molar-refractivity contribution is -0.384. The van der Waals surface area contributed by atoms with E-state index in [2.05, 4.69) is 9.99 Å². The summed E-state index contributed by atoms with van der Waals surface area (Å²) < 4.78 is 12.8. The maximum Gasteiger partial charge on any atom is 0.366 e. The van der Waals surface area contributed by atoms with E-state index in [1.54, 1.807) is 0 Å². The fourth-order valence-corrected chi connectivity index (χ4v) is 1.78. The second-order valence-corrected chi connectivity index (χ2v) is 4.69. The van der Waals surface area contributed by atoms with Crippen molar-refractivity contribution in [3.8, 4) is 0 Å². The first-order valence-corrected chi connectivity index (χ1v) is 6.51. The lowest BCUT2D eigenvalue weighted by Crippen LogP contribution is -2.15. The normalized spacial score (nSPS) is 11.1. The van der Waals surface area contributed by atoms with Gasteiger partial charge >= 0.3 is 5.97 Å². The first kappa shape index (κ1) is 16.4. The molecule has 0 spiro atoms. The molecule has 0 aromatic heterocycles. The molecule has 0 heterocycles. The number of nitrogens with two attached hydrogens (primary N) is 1. The summed E-state index contributed by atoms with van der Waals surface area (Å²) in [5, 5.41) is 14.1. The number of carbonyl (C=O) groups excluding carboxylic acids is 1. The number of hydrogen-bond donors (Lipinski definition) is 1. The van der Waals surface area contributed by atoms with Gasteiger partial charge in [0.15, 0.2) is 5.84 Å². The predicted molar refractivity (Wildman–Crippen MR) is 80.6 cm³/mol. The minimum Gasteiger partial charge on any atom is -0.380 e. The van der Waals surface area contributed by atoms with Crippen molar-refractivity contribution in [2.75, 3.05) is 0 Å². The summed E-state index contributed by atoms with van der Waals surface area (Å²) in [7, 11) is 0. The second-order valence-electron chi connectivity index (χ2n) is 4.29. The van der Waals surface area contributed by atoms with Gasteiger partial charge in [-0.25, -0.2) is 9.18 Å². The van der Waals surface area contributed by atoms with Crippen LogP contribution in [0, 0.1) is 15.9 Å². The molecule has 0 atom stereocenters. The number of benzene rings is 2. The summed E-state index contributed by atoms with van der Waals surface area (Å²) in [5.41, 5.74) is 5.40. The van der Waals surface area contributed by atoms with E-state index in [4.69, 9.17) is 17.3 Å². The van der Waals surface area contributed by atoms with Crippen molar-refractivity contribution >= 4 is 29.1 Å². The van der Waals surface area contributed by atoms with Crippen LogP contribution in [0.1, 0.15) is 15.9 Å². The molecule has 0 aliphatic carbocycles. The highest BCUT2D eigenvalue weighted by Gasteiger charge is 2.17. The molecule has 0 aliphatic heterocycles. The Kier molecular flexibility index (Phi) is 4.87. The number of nitrogens with zero attached hydrogens (tertiary/aromatic N) is 2. The Morgan fingerprint density at radius 2 is 1.83 bits per heavy atom. The standard InChI is InChI=1S/C14H9ClFN3O4/c15-11-6-3-9(7-12(11)19(21)22)14(20)23-18-13(17)8-1-4-10(16)5-2-8/h1-7H,(H2,17,18). The van der Waals surface area contributed by atoms with Gasteiger partial charge in [-0.15, -0.1) is 0 Å². The van der Waals surface area contributed by atoms with Crippen molar-refractivity contribution in [3.63, 3.8) is 0 Å². The van der Waals surface area contributed by atoms with Crippen LogP contribution in [0.4, 0.5) is 10.1 Å². The van der Waals surface area contributed by atoms with Crippen LogP contribution in [0.3, 0.4) is 0 Å². The third kappa shape index (κ3) is 4.01. The lowest BCUT2D eigenvalue weighted by Gasteiger charge is -2.02. The lowest BCUT2D eigenvalue weighted by atomic mass is 10.2. The van der Waals surface area contributed by atoms with E-state index < -0.39 is 22.4 Å². The first-order valence-electron chi connectivity index (χ1n) is 6.13. The van der Waals surface area contributed by atoms with Gasteiger partial charge in [0.25, 0.3) is 5.69 Å². The van der Waals surface area contributed by atoms with Gasteiger partial charge in [0.1, 0.15) is 10.8 Å². The van der Waals surface area contributed by atoms with Gasteiger partial charge < -0.3 is 10.6 Å². The van der Waals surface area contributed by atoms with Crippen molar-refractivity contribution < 1.29 is 18.9 Å². The van der Waals surface area contributed by atoms with Crippen LogP contribution in [0.5, 0.6) is 0 Å². The molecule has 0 saturated carbocycles. The predicted octanol–water partition coefficient (Wildman–Crippen LogP) is 2.86. The summed E-state index contributed by atoms with van der Waals surface area (Å²) in [6, 6.07) is 8.47. The number of halogens is 2. The number of nitro groups is 1. The molecule has 23 heavy (non-hydrogen) atoms. The van der Waals surface area contributed by atoms with E-state index >= 15 is 0 Å². The molecule has 0 aliphatic rings. The molecule has 0 unspecified atom stereocenters. The summed E-state index contributed by atoms with van der Waals surface area (Å²) in [6.45, 7) is 0. The quantitative estimate of drug-likeness (QED) is 0.303. The zero-order valence-corrected chi connectivity index (χ0v) is 12.2. The molecular weight excluding hydrogens is 329 g/mol. The largest absolute Gasteiger partial charge is 0.380 e. The average Bonchev–Trinajstić information content (AvgIpc) is 2.53. The molecule has 0 saturated heterocycles. The molecule has 2 N–H and O–H groups in total. The third-order valence-electron chi connectivity index (χ3n) is 2.75. The Labute approximate surface area is 134 Å². The van der Waals surface area contributed by atoms with Gasteiger partial charge in [0.05, 0.1) is 10.5 Å². The average molecular weight is 338 g/mol. The number of hydrogen-bond acceptors (Lipinski definition) is 5. The van der Waals surface area contributed by atoms with Crippen molar-refractivity contribution in [1.29, 1.82) is 0 Å². The van der Waals surface area contributed by atoms with Crippen LogP contribution in [0.2, 0.25) is 5.02 Å². The zero-order valence-electron chi connectivity index (χ0n) is 11.4. The number of nitro benzene ring substituents is 1. The van der Waals surface area contributed by atoms with E-state index in [0.29, 0.717) is 5.56 Å². The van der Waals surface area contributed by atoms with E-state index in [1.165, 1.54) is 36.4 Å². The molecule has 0 fully saturated rings. The maximum atomic E-state index is 12.8. The second kappa shape index (κ2) is 6.84. The van der Waals surface area contributed by atoms with E-state index in [9.17, 15) is 19.3 Å². The van der Waals surface area contributed by atoms with Crippen LogP contribution >= 0.6 is 11.6 Å². The molecule has 7 nitrogen and oxygen atoms in total. The third-order valence-corrected chi connectivity index (χ3v) is 3.07. The molecule has 0 radical (unpaired) electrons. The molecule has 118 valence electrons. The van der Waals surface area contributed by atoms with E-state index in [0.717, 1.165) is 6.07 Å². The molecule has 0 amide bonds. The summed E-state index contributed by atoms with van der Waals surface area (Å²) in [5.74, 6) is -1.55. The van der Waals surface area contributed by atoms with Crippen LogP contribution in [0.25, 0.3) is 0 Å². The highest BCUT2D eigenvalue weighted by molar-refractivity contribution is 6.32. The van der Waals surface area contributed by atoms with E-state index in [-0.39, 0.29) is 16.4 Å². The van der Waals surface area contributed by atoms with Gasteiger partial charge in [0.2, 0.25) is 0 Å². The zero-order chi connectivity index (χ0) is 17.0. The van der Waals surface area contributed by atoms with Crippen LogP contribution in [0.15, 0.2) is 47.6 Å². The summed E-state index contributed by atoms with van der Waals surface area (Å²) >= 11 is 5.64. The van der Waals surface area contributed by atoms with Gasteiger partial charge in [-0.1, -0.05) is 16.8 Å². The van der Waals surface area contributed by atoms with E-state index in [1.807, 2.05) is 0 Å². The Bertz CT molecular complexity index is 793. The van der Waals surface area contributed by atoms with Crippen molar-refractivity contribution in [3.05, 3.63) is 74.5 Å². The Hall–Kier alpha value is -3.00. The van der Waals surface area contributed by atoms with Gasteiger partial charge in [-0.2, -0.15) is 0 Å². The maximum absolute atomic E-state index is 12.8. The molecule has 2 rings (SSSR count). The molecule has 2 aromatic carbocycles. The highest BCUT2D eigenvalue weighted by Crippen LogP contribution is 2.25. The van der Waals surface area contributed by atoms with Crippen molar-refractivity contribution in [1.82, 2.24) is 0 Å². The number of oxime groups is 1. The topological polar surface area (TPSA) is 108 Å².